The minimum atomic E-state index is 0.255. The van der Waals surface area contributed by atoms with Gasteiger partial charge in [0.25, 0.3) is 0 Å². The third-order valence-electron chi connectivity index (χ3n) is 2.30. The van der Waals surface area contributed by atoms with Crippen molar-refractivity contribution in [1.82, 2.24) is 9.97 Å². The third kappa shape index (κ3) is 2.89. The summed E-state index contributed by atoms with van der Waals surface area (Å²) in [4.78, 5) is 8.13. The molecule has 0 unspecified atom stereocenters. The summed E-state index contributed by atoms with van der Waals surface area (Å²) < 4.78 is 6.04. The Morgan fingerprint density at radius 2 is 2.06 bits per heavy atom. The number of ether oxygens (including phenoxy) is 1. The Bertz CT molecular complexity index is 554. The van der Waals surface area contributed by atoms with Crippen molar-refractivity contribution in [1.29, 1.82) is 0 Å². The predicted molar refractivity (Wildman–Crippen MR) is 75.2 cm³/mol. The molecule has 0 amide bonds. The average molecular weight is 309 g/mol. The maximum atomic E-state index is 5.60. The lowest BCUT2D eigenvalue weighted by Gasteiger charge is -2.09. The first kappa shape index (κ1) is 12.6. The summed E-state index contributed by atoms with van der Waals surface area (Å²) in [6.07, 6.45) is 0. The lowest BCUT2D eigenvalue weighted by atomic mass is 10.3. The number of hydrogen-bond acceptors (Lipinski definition) is 5. The number of nitrogens with two attached hydrogens (primary N) is 1. The van der Waals surface area contributed by atoms with Crippen molar-refractivity contribution >= 4 is 33.4 Å². The summed E-state index contributed by atoms with van der Waals surface area (Å²) in [7, 11) is 1.63. The maximum absolute atomic E-state index is 5.60. The molecule has 6 heteroatoms. The Morgan fingerprint density at radius 3 is 2.67 bits per heavy atom. The number of aryl methyl sites for hydroxylation is 1. The number of nitrogens with one attached hydrogen (secondary N) is 1. The normalized spacial score (nSPS) is 10.2. The Hall–Kier alpha value is -1.82. The number of nitrogens with zero attached hydrogens (tertiary/aromatic N) is 2. The second-order valence-electron chi connectivity index (χ2n) is 3.73. The zero-order valence-corrected chi connectivity index (χ0v) is 11.7. The van der Waals surface area contributed by atoms with Gasteiger partial charge in [0.1, 0.15) is 11.6 Å². The SMILES string of the molecule is COc1ccc(Nc2cc(C)nc(N)n2)cc1Br. The molecule has 2 aromatic rings. The monoisotopic (exact) mass is 308 g/mol. The van der Waals surface area contributed by atoms with Gasteiger partial charge in [0.15, 0.2) is 0 Å². The van der Waals surface area contributed by atoms with Crippen LogP contribution in [0.1, 0.15) is 5.69 Å². The van der Waals surface area contributed by atoms with E-state index in [0.29, 0.717) is 5.82 Å². The van der Waals surface area contributed by atoms with Crippen molar-refractivity contribution < 1.29 is 4.74 Å². The molecule has 0 bridgehead atoms. The predicted octanol–water partition coefficient (Wildman–Crippen LogP) is 2.88. The van der Waals surface area contributed by atoms with E-state index < -0.39 is 0 Å². The second kappa shape index (κ2) is 5.22. The molecule has 0 spiro atoms. The van der Waals surface area contributed by atoms with E-state index in [2.05, 4.69) is 31.2 Å². The molecule has 0 aliphatic heterocycles. The van der Waals surface area contributed by atoms with Crippen LogP contribution in [0.3, 0.4) is 0 Å². The van der Waals surface area contributed by atoms with Crippen molar-refractivity contribution in [2.24, 2.45) is 0 Å². The van der Waals surface area contributed by atoms with E-state index in [4.69, 9.17) is 10.5 Å². The van der Waals surface area contributed by atoms with Gasteiger partial charge in [-0.15, -0.1) is 0 Å². The number of aromatic nitrogens is 2. The topological polar surface area (TPSA) is 73.1 Å². The molecule has 1 heterocycles. The number of benzene rings is 1. The molecule has 18 heavy (non-hydrogen) atoms. The highest BCUT2D eigenvalue weighted by atomic mass is 79.9. The Balaban J connectivity index is 2.25. The van der Waals surface area contributed by atoms with E-state index in [0.717, 1.165) is 21.6 Å². The molecule has 0 radical (unpaired) electrons. The molecule has 0 aliphatic rings. The minimum Gasteiger partial charge on any atom is -0.496 e. The van der Waals surface area contributed by atoms with Crippen LogP contribution < -0.4 is 15.8 Å². The van der Waals surface area contributed by atoms with Gasteiger partial charge in [0.2, 0.25) is 5.95 Å². The molecule has 3 N–H and O–H groups in total. The van der Waals surface area contributed by atoms with Crippen LogP contribution in [0.15, 0.2) is 28.7 Å². The molecule has 0 saturated carbocycles. The zero-order valence-electron chi connectivity index (χ0n) is 10.1. The highest BCUT2D eigenvalue weighted by Crippen LogP contribution is 2.28. The highest BCUT2D eigenvalue weighted by molar-refractivity contribution is 9.10. The van der Waals surface area contributed by atoms with Gasteiger partial charge in [0.05, 0.1) is 11.6 Å². The fourth-order valence-corrected chi connectivity index (χ4v) is 2.09. The fraction of sp³-hybridized carbons (Fsp3) is 0.167. The molecule has 1 aromatic carbocycles. The quantitative estimate of drug-likeness (QED) is 0.912. The van der Waals surface area contributed by atoms with E-state index >= 15 is 0 Å². The Morgan fingerprint density at radius 1 is 1.28 bits per heavy atom. The van der Waals surface area contributed by atoms with Crippen LogP contribution in [0.5, 0.6) is 5.75 Å². The van der Waals surface area contributed by atoms with Gasteiger partial charge in [-0.3, -0.25) is 0 Å². The first-order valence-electron chi connectivity index (χ1n) is 5.30. The first-order valence-corrected chi connectivity index (χ1v) is 6.09. The van der Waals surface area contributed by atoms with Gasteiger partial charge in [-0.05, 0) is 41.1 Å². The number of methoxy groups -OCH3 is 1. The summed E-state index contributed by atoms with van der Waals surface area (Å²) in [6, 6.07) is 7.50. The summed E-state index contributed by atoms with van der Waals surface area (Å²) >= 11 is 3.43. The molecule has 1 aromatic heterocycles. The van der Waals surface area contributed by atoms with Crippen molar-refractivity contribution in [3.05, 3.63) is 34.4 Å². The van der Waals surface area contributed by atoms with Gasteiger partial charge in [0, 0.05) is 17.4 Å². The molecule has 94 valence electrons. The third-order valence-corrected chi connectivity index (χ3v) is 2.92. The molecular weight excluding hydrogens is 296 g/mol. The standard InChI is InChI=1S/C12H13BrN4O/c1-7-5-11(17-12(14)15-7)16-8-3-4-10(18-2)9(13)6-8/h3-6H,1-2H3,(H3,14,15,16,17). The van der Waals surface area contributed by atoms with Gasteiger partial charge >= 0.3 is 0 Å². The van der Waals surface area contributed by atoms with Crippen molar-refractivity contribution in [3.8, 4) is 5.75 Å². The Kier molecular flexibility index (Phi) is 3.66. The van der Waals surface area contributed by atoms with Gasteiger partial charge in [-0.1, -0.05) is 0 Å². The van der Waals surface area contributed by atoms with Crippen LogP contribution >= 0.6 is 15.9 Å². The molecular formula is C12H13BrN4O. The number of anilines is 3. The van der Waals surface area contributed by atoms with Crippen LogP contribution in [0.25, 0.3) is 0 Å². The lowest BCUT2D eigenvalue weighted by Crippen LogP contribution is -2.01. The van der Waals surface area contributed by atoms with Crippen molar-refractivity contribution in [2.45, 2.75) is 6.92 Å². The lowest BCUT2D eigenvalue weighted by molar-refractivity contribution is 0.412. The summed E-state index contributed by atoms with van der Waals surface area (Å²) in [5, 5.41) is 3.16. The van der Waals surface area contributed by atoms with Gasteiger partial charge in [-0.25, -0.2) is 4.98 Å². The smallest absolute Gasteiger partial charge is 0.222 e. The van der Waals surface area contributed by atoms with Crippen LogP contribution in [0.2, 0.25) is 0 Å². The van der Waals surface area contributed by atoms with Gasteiger partial charge < -0.3 is 15.8 Å². The molecule has 5 nitrogen and oxygen atoms in total. The van der Waals surface area contributed by atoms with Crippen LogP contribution in [-0.4, -0.2) is 17.1 Å². The average Bonchev–Trinajstić information content (AvgIpc) is 2.27. The van der Waals surface area contributed by atoms with Gasteiger partial charge in [-0.2, -0.15) is 4.98 Å². The number of rotatable bonds is 3. The van der Waals surface area contributed by atoms with E-state index in [1.165, 1.54) is 0 Å². The molecule has 2 rings (SSSR count). The molecule has 0 atom stereocenters. The summed E-state index contributed by atoms with van der Waals surface area (Å²) in [6.45, 7) is 1.87. The second-order valence-corrected chi connectivity index (χ2v) is 4.58. The van der Waals surface area contributed by atoms with Crippen molar-refractivity contribution in [2.75, 3.05) is 18.2 Å². The van der Waals surface area contributed by atoms with E-state index in [1.54, 1.807) is 7.11 Å². The largest absolute Gasteiger partial charge is 0.496 e. The number of hydrogen-bond donors (Lipinski definition) is 2. The number of nitrogen functional groups attached to an aromatic ring is 1. The van der Waals surface area contributed by atoms with Crippen LogP contribution in [-0.2, 0) is 0 Å². The highest BCUT2D eigenvalue weighted by Gasteiger charge is 2.03. The number of halogens is 1. The van der Waals surface area contributed by atoms with Crippen LogP contribution in [0.4, 0.5) is 17.5 Å². The fourth-order valence-electron chi connectivity index (χ4n) is 1.55. The summed E-state index contributed by atoms with van der Waals surface area (Å²) in [5.41, 5.74) is 7.30. The molecule has 0 aliphatic carbocycles. The maximum Gasteiger partial charge on any atom is 0.222 e. The molecule has 0 fully saturated rings. The minimum absolute atomic E-state index is 0.255. The zero-order chi connectivity index (χ0) is 13.1. The van der Waals surface area contributed by atoms with Crippen molar-refractivity contribution in [3.63, 3.8) is 0 Å². The van der Waals surface area contributed by atoms with E-state index in [9.17, 15) is 0 Å². The first-order chi connectivity index (χ1) is 8.58. The van der Waals surface area contributed by atoms with Crippen LogP contribution in [0, 0.1) is 6.92 Å². The summed E-state index contributed by atoms with van der Waals surface area (Å²) in [5.74, 6) is 1.70. The Labute approximate surface area is 114 Å². The van der Waals surface area contributed by atoms with E-state index in [1.807, 2.05) is 31.2 Å². The molecule has 0 saturated heterocycles. The van der Waals surface area contributed by atoms with E-state index in [-0.39, 0.29) is 5.95 Å².